The molecule has 0 radical (unpaired) electrons. The Labute approximate surface area is 116 Å². The van der Waals surface area contributed by atoms with Gasteiger partial charge in [-0.3, -0.25) is 9.88 Å². The van der Waals surface area contributed by atoms with Crippen LogP contribution in [-0.2, 0) is 0 Å². The van der Waals surface area contributed by atoms with Crippen molar-refractivity contribution in [3.8, 4) is 0 Å². The van der Waals surface area contributed by atoms with E-state index >= 15 is 0 Å². The van der Waals surface area contributed by atoms with Gasteiger partial charge in [-0.05, 0) is 52.0 Å². The molecule has 0 aliphatic carbocycles. The van der Waals surface area contributed by atoms with Crippen LogP contribution >= 0.6 is 0 Å². The molecule has 1 aromatic rings. The number of aryl methyl sites for hydroxylation is 1. The van der Waals surface area contributed by atoms with Gasteiger partial charge in [0, 0.05) is 37.1 Å². The third-order valence-electron chi connectivity index (χ3n) is 4.24. The summed E-state index contributed by atoms with van der Waals surface area (Å²) in [4.78, 5) is 9.21. The molecule has 1 aliphatic rings. The SMILES string of the molecule is Cc1ccc(C(CN)N(C)CC2CCCN2C)cn1. The van der Waals surface area contributed by atoms with E-state index in [1.165, 1.54) is 24.9 Å². The van der Waals surface area contributed by atoms with E-state index in [0.29, 0.717) is 12.6 Å². The first-order valence-corrected chi connectivity index (χ1v) is 7.15. The molecule has 1 aromatic heterocycles. The molecule has 1 fully saturated rings. The zero-order valence-corrected chi connectivity index (χ0v) is 12.3. The summed E-state index contributed by atoms with van der Waals surface area (Å²) < 4.78 is 0. The second-order valence-corrected chi connectivity index (χ2v) is 5.70. The topological polar surface area (TPSA) is 45.4 Å². The van der Waals surface area contributed by atoms with Crippen LogP contribution < -0.4 is 5.73 Å². The van der Waals surface area contributed by atoms with E-state index in [0.717, 1.165) is 12.2 Å². The number of likely N-dealkylation sites (tertiary alicyclic amines) is 1. The number of pyridine rings is 1. The van der Waals surface area contributed by atoms with E-state index < -0.39 is 0 Å². The van der Waals surface area contributed by atoms with Crippen LogP contribution in [0.3, 0.4) is 0 Å². The van der Waals surface area contributed by atoms with Gasteiger partial charge in [0.15, 0.2) is 0 Å². The maximum atomic E-state index is 5.97. The van der Waals surface area contributed by atoms with Crippen LogP contribution in [0.4, 0.5) is 0 Å². The summed E-state index contributed by atoms with van der Waals surface area (Å²) in [6.07, 6.45) is 4.57. The molecule has 106 valence electrons. The molecular formula is C15H26N4. The lowest BCUT2D eigenvalue weighted by Crippen LogP contribution is -2.40. The van der Waals surface area contributed by atoms with Crippen LogP contribution in [0, 0.1) is 6.92 Å². The van der Waals surface area contributed by atoms with Gasteiger partial charge in [0.05, 0.1) is 0 Å². The minimum atomic E-state index is 0.266. The molecule has 1 saturated heterocycles. The summed E-state index contributed by atoms with van der Waals surface area (Å²) in [5.41, 5.74) is 8.24. The smallest absolute Gasteiger partial charge is 0.0483 e. The minimum absolute atomic E-state index is 0.266. The fourth-order valence-corrected chi connectivity index (χ4v) is 2.92. The Hall–Kier alpha value is -0.970. The van der Waals surface area contributed by atoms with E-state index in [2.05, 4.69) is 41.0 Å². The van der Waals surface area contributed by atoms with Gasteiger partial charge in [0.1, 0.15) is 0 Å². The quantitative estimate of drug-likeness (QED) is 0.871. The lowest BCUT2D eigenvalue weighted by molar-refractivity contribution is 0.179. The van der Waals surface area contributed by atoms with Crippen molar-refractivity contribution in [2.45, 2.75) is 31.8 Å². The van der Waals surface area contributed by atoms with E-state index in [9.17, 15) is 0 Å². The van der Waals surface area contributed by atoms with Crippen molar-refractivity contribution in [1.29, 1.82) is 0 Å². The number of nitrogens with two attached hydrogens (primary N) is 1. The number of likely N-dealkylation sites (N-methyl/N-ethyl adjacent to an activating group) is 2. The normalized spacial score (nSPS) is 22.1. The summed E-state index contributed by atoms with van der Waals surface area (Å²) in [5.74, 6) is 0. The van der Waals surface area contributed by atoms with Crippen molar-refractivity contribution in [3.05, 3.63) is 29.6 Å². The third-order valence-corrected chi connectivity index (χ3v) is 4.24. The van der Waals surface area contributed by atoms with Crippen molar-refractivity contribution >= 4 is 0 Å². The predicted octanol–water partition coefficient (Wildman–Crippen LogP) is 1.42. The average molecular weight is 262 g/mol. The maximum Gasteiger partial charge on any atom is 0.0483 e. The standard InChI is InChI=1S/C15H26N4/c1-12-6-7-13(10-17-12)15(9-16)19(3)11-14-5-4-8-18(14)2/h6-7,10,14-15H,4-5,8-9,11,16H2,1-3H3. The molecule has 1 aliphatic heterocycles. The van der Waals surface area contributed by atoms with E-state index in [-0.39, 0.29) is 6.04 Å². The molecular weight excluding hydrogens is 236 g/mol. The summed E-state index contributed by atoms with van der Waals surface area (Å²) in [7, 11) is 4.39. The molecule has 0 spiro atoms. The van der Waals surface area contributed by atoms with Crippen LogP contribution in [0.25, 0.3) is 0 Å². The monoisotopic (exact) mass is 262 g/mol. The highest BCUT2D eigenvalue weighted by atomic mass is 15.2. The molecule has 2 unspecified atom stereocenters. The molecule has 2 rings (SSSR count). The van der Waals surface area contributed by atoms with Crippen molar-refractivity contribution < 1.29 is 0 Å². The fraction of sp³-hybridized carbons (Fsp3) is 0.667. The lowest BCUT2D eigenvalue weighted by Gasteiger charge is -2.31. The molecule has 2 N–H and O–H groups in total. The molecule has 0 saturated carbocycles. The van der Waals surface area contributed by atoms with Gasteiger partial charge < -0.3 is 10.6 Å². The molecule has 0 amide bonds. The van der Waals surface area contributed by atoms with Crippen LogP contribution in [-0.4, -0.2) is 54.6 Å². The molecule has 19 heavy (non-hydrogen) atoms. The van der Waals surface area contributed by atoms with Crippen molar-refractivity contribution in [2.24, 2.45) is 5.73 Å². The zero-order chi connectivity index (χ0) is 13.8. The molecule has 4 heteroatoms. The van der Waals surface area contributed by atoms with Crippen molar-refractivity contribution in [3.63, 3.8) is 0 Å². The molecule has 2 heterocycles. The summed E-state index contributed by atoms with van der Waals surface area (Å²) in [6, 6.07) is 5.14. The van der Waals surface area contributed by atoms with Gasteiger partial charge >= 0.3 is 0 Å². The first kappa shape index (κ1) is 14.4. The Morgan fingerprint density at radius 1 is 1.53 bits per heavy atom. The van der Waals surface area contributed by atoms with Crippen LogP contribution in [0.15, 0.2) is 18.3 Å². The Morgan fingerprint density at radius 3 is 2.84 bits per heavy atom. The highest BCUT2D eigenvalue weighted by Crippen LogP contribution is 2.22. The average Bonchev–Trinajstić information content (AvgIpc) is 2.78. The van der Waals surface area contributed by atoms with Crippen LogP contribution in [0.1, 0.15) is 30.1 Å². The number of rotatable bonds is 5. The first-order valence-electron chi connectivity index (χ1n) is 7.15. The van der Waals surface area contributed by atoms with E-state index in [1.54, 1.807) is 0 Å². The highest BCUT2D eigenvalue weighted by Gasteiger charge is 2.25. The number of nitrogens with zero attached hydrogens (tertiary/aromatic N) is 3. The second kappa shape index (κ2) is 6.46. The maximum absolute atomic E-state index is 5.97. The van der Waals surface area contributed by atoms with Crippen molar-refractivity contribution in [1.82, 2.24) is 14.8 Å². The molecule has 2 atom stereocenters. The minimum Gasteiger partial charge on any atom is -0.329 e. The van der Waals surface area contributed by atoms with Gasteiger partial charge in [0.25, 0.3) is 0 Å². The van der Waals surface area contributed by atoms with Gasteiger partial charge in [-0.25, -0.2) is 0 Å². The van der Waals surface area contributed by atoms with E-state index in [4.69, 9.17) is 5.73 Å². The molecule has 0 aromatic carbocycles. The number of hydrogen-bond donors (Lipinski definition) is 1. The Balaban J connectivity index is 2.02. The van der Waals surface area contributed by atoms with Crippen molar-refractivity contribution in [2.75, 3.05) is 33.7 Å². The number of hydrogen-bond acceptors (Lipinski definition) is 4. The molecule has 4 nitrogen and oxygen atoms in total. The van der Waals surface area contributed by atoms with Gasteiger partial charge in [-0.15, -0.1) is 0 Å². The third kappa shape index (κ3) is 3.53. The van der Waals surface area contributed by atoms with Crippen LogP contribution in [0.2, 0.25) is 0 Å². The second-order valence-electron chi connectivity index (χ2n) is 5.70. The largest absolute Gasteiger partial charge is 0.329 e. The summed E-state index contributed by atoms with van der Waals surface area (Å²) in [6.45, 7) is 4.94. The summed E-state index contributed by atoms with van der Waals surface area (Å²) in [5, 5.41) is 0. The summed E-state index contributed by atoms with van der Waals surface area (Å²) >= 11 is 0. The first-order chi connectivity index (χ1) is 9.11. The Bertz CT molecular complexity index is 390. The fourth-order valence-electron chi connectivity index (χ4n) is 2.92. The van der Waals surface area contributed by atoms with Gasteiger partial charge in [-0.1, -0.05) is 6.07 Å². The number of aromatic nitrogens is 1. The van der Waals surface area contributed by atoms with E-state index in [1.807, 2.05) is 13.1 Å². The lowest BCUT2D eigenvalue weighted by atomic mass is 10.1. The van der Waals surface area contributed by atoms with Gasteiger partial charge in [0.2, 0.25) is 0 Å². The zero-order valence-electron chi connectivity index (χ0n) is 12.3. The van der Waals surface area contributed by atoms with Crippen LogP contribution in [0.5, 0.6) is 0 Å². The Kier molecular flexibility index (Phi) is 4.91. The predicted molar refractivity (Wildman–Crippen MR) is 79.1 cm³/mol. The highest BCUT2D eigenvalue weighted by molar-refractivity contribution is 5.17. The van der Waals surface area contributed by atoms with Gasteiger partial charge in [-0.2, -0.15) is 0 Å². The molecule has 0 bridgehead atoms. The Morgan fingerprint density at radius 2 is 2.32 bits per heavy atom.